The molecule has 0 unspecified atom stereocenters. The number of hydroxylamine groups is 1. The highest BCUT2D eigenvalue weighted by Gasteiger charge is 2.14. The van der Waals surface area contributed by atoms with E-state index in [4.69, 9.17) is 4.84 Å². The Hall–Kier alpha value is -1.24. The van der Waals surface area contributed by atoms with Crippen molar-refractivity contribution in [1.82, 2.24) is 10.5 Å². The van der Waals surface area contributed by atoms with E-state index in [-0.39, 0.29) is 17.9 Å². The Morgan fingerprint density at radius 3 is 2.84 bits per heavy atom. The van der Waals surface area contributed by atoms with Gasteiger partial charge in [-0.2, -0.15) is 11.3 Å². The van der Waals surface area contributed by atoms with Crippen molar-refractivity contribution in [2.45, 2.75) is 32.8 Å². The molecule has 0 radical (unpaired) electrons. The monoisotopic (exact) mass is 296 g/mol. The highest BCUT2D eigenvalue weighted by molar-refractivity contribution is 7.14. The molecule has 0 spiro atoms. The van der Waals surface area contributed by atoms with Crippen LogP contribution in [0.5, 0.6) is 0 Å². The predicted octanol–water partition coefficient (Wildman–Crippen LogP) is 3.26. The lowest BCUT2D eigenvalue weighted by Gasteiger charge is -2.18. The molecule has 0 saturated carbocycles. The number of hydrogen-bond acceptors (Lipinski definition) is 5. The van der Waals surface area contributed by atoms with E-state index in [2.05, 4.69) is 10.5 Å². The number of hydrogen-bond donors (Lipinski definition) is 1. The molecule has 19 heavy (non-hydrogen) atoms. The van der Waals surface area contributed by atoms with E-state index in [0.29, 0.717) is 0 Å². The standard InChI is InChI=1S/C13H16N2O2S2/c1-13(2,3)17-15-11(16)6-10-8-19-12(14-10)9-4-5-18-7-9/h4-5,7-8H,6H2,1-3H3,(H,15,16). The van der Waals surface area contributed by atoms with Crippen molar-refractivity contribution in [3.05, 3.63) is 27.9 Å². The zero-order valence-corrected chi connectivity index (χ0v) is 12.7. The van der Waals surface area contributed by atoms with E-state index in [0.717, 1.165) is 16.3 Å². The number of carbonyl (C=O) groups is 1. The summed E-state index contributed by atoms with van der Waals surface area (Å²) in [5, 5.41) is 6.91. The molecule has 2 aromatic rings. The number of nitrogens with one attached hydrogen (secondary N) is 1. The fraction of sp³-hybridized carbons (Fsp3) is 0.385. The molecule has 0 aliphatic rings. The molecular weight excluding hydrogens is 280 g/mol. The zero-order valence-electron chi connectivity index (χ0n) is 11.1. The number of thiazole rings is 1. The van der Waals surface area contributed by atoms with Crippen molar-refractivity contribution in [2.24, 2.45) is 0 Å². The largest absolute Gasteiger partial charge is 0.272 e. The summed E-state index contributed by atoms with van der Waals surface area (Å²) in [6.45, 7) is 5.64. The first-order valence-corrected chi connectivity index (χ1v) is 7.70. The molecular formula is C13H16N2O2S2. The molecule has 0 atom stereocenters. The summed E-state index contributed by atoms with van der Waals surface area (Å²) in [5.74, 6) is -0.183. The number of aromatic nitrogens is 1. The number of rotatable bonds is 4. The SMILES string of the molecule is CC(C)(C)ONC(=O)Cc1csc(-c2ccsc2)n1. The van der Waals surface area contributed by atoms with Gasteiger partial charge in [0, 0.05) is 16.3 Å². The maximum absolute atomic E-state index is 11.7. The summed E-state index contributed by atoms with van der Waals surface area (Å²) in [6.07, 6.45) is 0.233. The minimum atomic E-state index is -0.389. The van der Waals surface area contributed by atoms with Gasteiger partial charge in [0.1, 0.15) is 5.01 Å². The first kappa shape index (κ1) is 14.2. The van der Waals surface area contributed by atoms with Gasteiger partial charge in [-0.15, -0.1) is 11.3 Å². The second-order valence-corrected chi connectivity index (χ2v) is 6.71. The van der Waals surface area contributed by atoms with E-state index in [1.54, 1.807) is 22.7 Å². The van der Waals surface area contributed by atoms with E-state index >= 15 is 0 Å². The normalized spacial score (nSPS) is 11.5. The molecule has 2 heterocycles. The Bertz CT molecular complexity index is 541. The Morgan fingerprint density at radius 1 is 1.42 bits per heavy atom. The van der Waals surface area contributed by atoms with Crippen LogP contribution in [-0.2, 0) is 16.1 Å². The second kappa shape index (κ2) is 5.81. The van der Waals surface area contributed by atoms with Crippen molar-refractivity contribution in [2.75, 3.05) is 0 Å². The molecule has 1 amide bonds. The van der Waals surface area contributed by atoms with Gasteiger partial charge < -0.3 is 0 Å². The van der Waals surface area contributed by atoms with E-state index in [9.17, 15) is 4.79 Å². The number of thiophene rings is 1. The van der Waals surface area contributed by atoms with E-state index in [1.165, 1.54) is 0 Å². The van der Waals surface area contributed by atoms with Crippen molar-refractivity contribution in [3.63, 3.8) is 0 Å². The average molecular weight is 296 g/mol. The lowest BCUT2D eigenvalue weighted by Crippen LogP contribution is -2.34. The van der Waals surface area contributed by atoms with Crippen molar-refractivity contribution in [3.8, 4) is 10.6 Å². The van der Waals surface area contributed by atoms with E-state index < -0.39 is 0 Å². The lowest BCUT2D eigenvalue weighted by molar-refractivity contribution is -0.144. The Kier molecular flexibility index (Phi) is 4.34. The number of amides is 1. The number of nitrogens with zero attached hydrogens (tertiary/aromatic N) is 1. The predicted molar refractivity (Wildman–Crippen MR) is 78.1 cm³/mol. The molecule has 2 aromatic heterocycles. The first-order valence-electron chi connectivity index (χ1n) is 5.88. The Morgan fingerprint density at radius 2 is 2.21 bits per heavy atom. The van der Waals surface area contributed by atoms with Gasteiger partial charge in [0.2, 0.25) is 5.91 Å². The van der Waals surface area contributed by atoms with Crippen LogP contribution in [0.4, 0.5) is 0 Å². The average Bonchev–Trinajstić information content (AvgIpc) is 2.94. The van der Waals surface area contributed by atoms with Crippen LogP contribution >= 0.6 is 22.7 Å². The third-order valence-corrected chi connectivity index (χ3v) is 3.76. The van der Waals surface area contributed by atoms with Crippen molar-refractivity contribution < 1.29 is 9.63 Å². The molecule has 102 valence electrons. The van der Waals surface area contributed by atoms with Crippen LogP contribution in [-0.4, -0.2) is 16.5 Å². The summed E-state index contributed by atoms with van der Waals surface area (Å²) in [4.78, 5) is 21.4. The van der Waals surface area contributed by atoms with Crippen LogP contribution < -0.4 is 5.48 Å². The topological polar surface area (TPSA) is 51.2 Å². The van der Waals surface area contributed by atoms with Crippen LogP contribution in [0.15, 0.2) is 22.2 Å². The highest BCUT2D eigenvalue weighted by Crippen LogP contribution is 2.25. The van der Waals surface area contributed by atoms with Gasteiger partial charge in [-0.1, -0.05) is 0 Å². The smallest absolute Gasteiger partial charge is 0.249 e. The van der Waals surface area contributed by atoms with Gasteiger partial charge in [-0.25, -0.2) is 10.5 Å². The van der Waals surface area contributed by atoms with Crippen molar-refractivity contribution in [1.29, 1.82) is 0 Å². The molecule has 0 fully saturated rings. The first-order chi connectivity index (χ1) is 8.94. The fourth-order valence-electron chi connectivity index (χ4n) is 1.32. The Labute approximate surface area is 120 Å². The van der Waals surface area contributed by atoms with Gasteiger partial charge in [-0.3, -0.25) is 9.63 Å². The third kappa shape index (κ3) is 4.41. The van der Waals surface area contributed by atoms with Gasteiger partial charge in [0.05, 0.1) is 17.7 Å². The van der Waals surface area contributed by atoms with Crippen molar-refractivity contribution >= 4 is 28.6 Å². The summed E-state index contributed by atoms with van der Waals surface area (Å²) in [6, 6.07) is 2.02. The molecule has 0 aromatic carbocycles. The summed E-state index contributed by atoms with van der Waals surface area (Å²) < 4.78 is 0. The quantitative estimate of drug-likeness (QED) is 0.881. The lowest BCUT2D eigenvalue weighted by atomic mass is 10.2. The molecule has 0 bridgehead atoms. The van der Waals surface area contributed by atoms with E-state index in [1.807, 2.05) is 43.0 Å². The van der Waals surface area contributed by atoms with Gasteiger partial charge in [0.25, 0.3) is 0 Å². The van der Waals surface area contributed by atoms with Gasteiger partial charge in [0.15, 0.2) is 0 Å². The number of carbonyl (C=O) groups excluding carboxylic acids is 1. The summed E-state index contributed by atoms with van der Waals surface area (Å²) in [5.41, 5.74) is 3.92. The minimum Gasteiger partial charge on any atom is -0.272 e. The maximum atomic E-state index is 11.7. The summed E-state index contributed by atoms with van der Waals surface area (Å²) in [7, 11) is 0. The van der Waals surface area contributed by atoms with Crippen LogP contribution in [0.1, 0.15) is 26.5 Å². The van der Waals surface area contributed by atoms with Gasteiger partial charge in [-0.05, 0) is 32.2 Å². The minimum absolute atomic E-state index is 0.183. The molecule has 0 aliphatic carbocycles. The van der Waals surface area contributed by atoms with Crippen LogP contribution in [0.25, 0.3) is 10.6 Å². The Balaban J connectivity index is 1.91. The van der Waals surface area contributed by atoms with Crippen LogP contribution in [0, 0.1) is 0 Å². The zero-order chi connectivity index (χ0) is 13.9. The maximum Gasteiger partial charge on any atom is 0.249 e. The van der Waals surface area contributed by atoms with Crippen LogP contribution in [0.3, 0.4) is 0 Å². The fourth-order valence-corrected chi connectivity index (χ4v) is 2.85. The molecule has 0 aliphatic heterocycles. The van der Waals surface area contributed by atoms with Crippen LogP contribution in [0.2, 0.25) is 0 Å². The molecule has 0 saturated heterocycles. The third-order valence-electron chi connectivity index (χ3n) is 2.13. The van der Waals surface area contributed by atoms with Gasteiger partial charge >= 0.3 is 0 Å². The molecule has 2 rings (SSSR count). The molecule has 6 heteroatoms. The molecule has 4 nitrogen and oxygen atoms in total. The highest BCUT2D eigenvalue weighted by atomic mass is 32.1. The summed E-state index contributed by atoms with van der Waals surface area (Å²) >= 11 is 3.18. The molecule has 1 N–H and O–H groups in total. The second-order valence-electron chi connectivity index (χ2n) is 5.07.